The number of likely N-dealkylation sites (tertiary alicyclic amines) is 1. The zero-order chi connectivity index (χ0) is 22.3. The van der Waals surface area contributed by atoms with Gasteiger partial charge in [0.05, 0.1) is 24.5 Å². The van der Waals surface area contributed by atoms with Crippen LogP contribution in [0.2, 0.25) is 0 Å². The third-order valence-corrected chi connectivity index (χ3v) is 7.76. The van der Waals surface area contributed by atoms with Crippen LogP contribution in [0, 0.1) is 0 Å². The van der Waals surface area contributed by atoms with Crippen molar-refractivity contribution in [3.05, 3.63) is 42.0 Å². The quantitative estimate of drug-likeness (QED) is 0.703. The maximum Gasteiger partial charge on any atom is 0.274 e. The zero-order valence-corrected chi connectivity index (χ0v) is 18.6. The van der Waals surface area contributed by atoms with E-state index in [1.807, 2.05) is 14.1 Å². The highest BCUT2D eigenvalue weighted by atomic mass is 32.2. The summed E-state index contributed by atoms with van der Waals surface area (Å²) >= 11 is 0. The first-order valence-electron chi connectivity index (χ1n) is 10.1. The van der Waals surface area contributed by atoms with E-state index in [2.05, 4.69) is 15.2 Å². The van der Waals surface area contributed by atoms with Gasteiger partial charge < -0.3 is 15.1 Å². The molecule has 1 atom stereocenters. The zero-order valence-electron chi connectivity index (χ0n) is 17.8. The number of nitrogens with zero attached hydrogens (tertiary/aromatic N) is 5. The van der Waals surface area contributed by atoms with Crippen molar-refractivity contribution in [3.8, 4) is 5.69 Å². The molecule has 2 aromatic rings. The van der Waals surface area contributed by atoms with Crippen LogP contribution in [0.3, 0.4) is 0 Å². The molecule has 1 aromatic carbocycles. The summed E-state index contributed by atoms with van der Waals surface area (Å²) in [6.07, 6.45) is 2.36. The van der Waals surface area contributed by atoms with Crippen LogP contribution in [0.15, 0.2) is 35.5 Å². The predicted octanol–water partition coefficient (Wildman–Crippen LogP) is -0.101. The van der Waals surface area contributed by atoms with Crippen molar-refractivity contribution in [2.75, 3.05) is 40.8 Å². The van der Waals surface area contributed by atoms with E-state index in [4.69, 9.17) is 0 Å². The van der Waals surface area contributed by atoms with Crippen LogP contribution in [0.4, 0.5) is 0 Å². The summed E-state index contributed by atoms with van der Waals surface area (Å²) in [5, 5.41) is 2.46. The summed E-state index contributed by atoms with van der Waals surface area (Å²) in [7, 11) is 1.47. The topological polar surface area (TPSA) is 108 Å². The molecule has 0 spiro atoms. The number of nitrogens with one attached hydrogen (secondary N) is 1. The molecule has 1 saturated heterocycles. The van der Waals surface area contributed by atoms with Crippen molar-refractivity contribution < 1.29 is 18.0 Å². The van der Waals surface area contributed by atoms with Crippen LogP contribution in [0.5, 0.6) is 0 Å². The fourth-order valence-electron chi connectivity index (χ4n) is 4.05. The van der Waals surface area contributed by atoms with Crippen molar-refractivity contribution >= 4 is 21.8 Å². The molecule has 3 heterocycles. The molecule has 0 bridgehead atoms. The number of aromatic nitrogens is 2. The maximum absolute atomic E-state index is 13.3. The Kier molecular flexibility index (Phi) is 5.58. The number of para-hydroxylation sites is 1. The number of benzene rings is 1. The van der Waals surface area contributed by atoms with Crippen LogP contribution in [-0.2, 0) is 21.4 Å². The van der Waals surface area contributed by atoms with E-state index in [0.29, 0.717) is 24.5 Å². The van der Waals surface area contributed by atoms with Gasteiger partial charge in [-0.2, -0.15) is 4.31 Å². The number of fused-ring (bicyclic) bond motifs is 3. The summed E-state index contributed by atoms with van der Waals surface area (Å²) in [5.74, 6) is -0.662. The second-order valence-electron chi connectivity index (χ2n) is 7.98. The lowest BCUT2D eigenvalue weighted by atomic mass is 10.2. The number of carbonyl (C=O) groups is 2. The molecule has 31 heavy (non-hydrogen) atoms. The number of sulfonamides is 1. The van der Waals surface area contributed by atoms with Gasteiger partial charge in [-0.05, 0) is 32.6 Å². The Morgan fingerprint density at radius 2 is 2.00 bits per heavy atom. The molecule has 0 saturated carbocycles. The second-order valence-corrected chi connectivity index (χ2v) is 9.89. The van der Waals surface area contributed by atoms with E-state index >= 15 is 0 Å². The van der Waals surface area contributed by atoms with E-state index in [0.717, 1.165) is 10.7 Å². The standard InChI is InChI=1S/C20H26N6O4S/c1-21-18(27)12-25-11-16-19(20(28)24-9-8-14(10-24)23(2)3)22-13-26(16)15-6-4-5-7-17(15)31(25,29)30/h4-7,13-14H,8-12H2,1-3H3,(H,21,27)/t14-/m1/s1. The summed E-state index contributed by atoms with van der Waals surface area (Å²) in [4.78, 5) is 33.6. The molecule has 10 nitrogen and oxygen atoms in total. The third kappa shape index (κ3) is 3.73. The van der Waals surface area contributed by atoms with Gasteiger partial charge in [-0.3, -0.25) is 14.2 Å². The summed E-state index contributed by atoms with van der Waals surface area (Å²) in [6, 6.07) is 6.81. The first kappa shape index (κ1) is 21.5. The SMILES string of the molecule is CNC(=O)CN1Cc2c(C(=O)N3CC[C@@H](N(C)C)C3)ncn2-c2ccccc2S1(=O)=O. The van der Waals surface area contributed by atoms with E-state index in [1.165, 1.54) is 19.4 Å². The number of hydrogen-bond acceptors (Lipinski definition) is 6. The number of hydrogen-bond donors (Lipinski definition) is 1. The van der Waals surface area contributed by atoms with Crippen LogP contribution in [0.25, 0.3) is 5.69 Å². The molecule has 1 N–H and O–H groups in total. The first-order chi connectivity index (χ1) is 14.7. The lowest BCUT2D eigenvalue weighted by Crippen LogP contribution is -2.39. The molecule has 2 amide bonds. The van der Waals surface area contributed by atoms with Gasteiger partial charge in [0.15, 0.2) is 5.69 Å². The van der Waals surface area contributed by atoms with Crippen molar-refractivity contribution in [1.82, 2.24) is 29.0 Å². The van der Waals surface area contributed by atoms with Gasteiger partial charge in [0.1, 0.15) is 11.2 Å². The summed E-state index contributed by atoms with van der Waals surface area (Å²) in [5.41, 5.74) is 1.08. The van der Waals surface area contributed by atoms with Crippen molar-refractivity contribution in [3.63, 3.8) is 0 Å². The number of carbonyl (C=O) groups excluding carboxylic acids is 2. The van der Waals surface area contributed by atoms with Gasteiger partial charge in [-0.25, -0.2) is 13.4 Å². The van der Waals surface area contributed by atoms with Crippen LogP contribution in [0.1, 0.15) is 22.6 Å². The maximum atomic E-state index is 13.3. The highest BCUT2D eigenvalue weighted by Crippen LogP contribution is 2.31. The normalized spacial score (nSPS) is 20.3. The molecule has 0 unspecified atom stereocenters. The molecule has 2 aliphatic heterocycles. The molecule has 1 fully saturated rings. The average molecular weight is 447 g/mol. The van der Waals surface area contributed by atoms with Gasteiger partial charge in [-0.15, -0.1) is 0 Å². The minimum absolute atomic E-state index is 0.0721. The molecule has 2 aliphatic rings. The van der Waals surface area contributed by atoms with Gasteiger partial charge in [0, 0.05) is 26.2 Å². The van der Waals surface area contributed by atoms with E-state index in [1.54, 1.807) is 27.7 Å². The Morgan fingerprint density at radius 3 is 2.68 bits per heavy atom. The first-order valence-corrected chi connectivity index (χ1v) is 11.5. The van der Waals surface area contributed by atoms with E-state index < -0.39 is 15.9 Å². The highest BCUT2D eigenvalue weighted by molar-refractivity contribution is 7.89. The van der Waals surface area contributed by atoms with Crippen LogP contribution < -0.4 is 5.32 Å². The predicted molar refractivity (Wildman–Crippen MR) is 113 cm³/mol. The van der Waals surface area contributed by atoms with E-state index in [-0.39, 0.29) is 35.6 Å². The minimum Gasteiger partial charge on any atom is -0.358 e. The Balaban J connectivity index is 1.78. The minimum atomic E-state index is -3.95. The Hall–Kier alpha value is -2.76. The molecule has 11 heteroatoms. The number of rotatable bonds is 4. The van der Waals surface area contributed by atoms with Gasteiger partial charge >= 0.3 is 0 Å². The smallest absolute Gasteiger partial charge is 0.274 e. The lowest BCUT2D eigenvalue weighted by molar-refractivity contribution is -0.120. The van der Waals surface area contributed by atoms with Crippen LogP contribution in [-0.4, -0.2) is 90.7 Å². The molecule has 0 aliphatic carbocycles. The van der Waals surface area contributed by atoms with Crippen molar-refractivity contribution in [1.29, 1.82) is 0 Å². The number of likely N-dealkylation sites (N-methyl/N-ethyl adjacent to an activating group) is 2. The molecule has 4 rings (SSSR count). The number of amides is 2. The fraction of sp³-hybridized carbons (Fsp3) is 0.450. The monoisotopic (exact) mass is 446 g/mol. The summed E-state index contributed by atoms with van der Waals surface area (Å²) in [6.45, 7) is 0.731. The molecule has 1 aromatic heterocycles. The third-order valence-electron chi connectivity index (χ3n) is 5.92. The Bertz CT molecular complexity index is 1130. The molecule has 166 valence electrons. The highest BCUT2D eigenvalue weighted by Gasteiger charge is 2.37. The number of imidazole rings is 1. The lowest BCUT2D eigenvalue weighted by Gasteiger charge is -2.21. The van der Waals surface area contributed by atoms with Gasteiger partial charge in [0.2, 0.25) is 15.9 Å². The second kappa shape index (κ2) is 8.06. The summed E-state index contributed by atoms with van der Waals surface area (Å²) < 4.78 is 29.4. The average Bonchev–Trinajstić information content (AvgIpc) is 3.38. The molecular formula is C20H26N6O4S. The van der Waals surface area contributed by atoms with E-state index in [9.17, 15) is 18.0 Å². The Morgan fingerprint density at radius 1 is 1.26 bits per heavy atom. The van der Waals surface area contributed by atoms with Crippen LogP contribution >= 0.6 is 0 Å². The fourth-order valence-corrected chi connectivity index (χ4v) is 5.59. The largest absolute Gasteiger partial charge is 0.358 e. The Labute approximate surface area is 181 Å². The van der Waals surface area contributed by atoms with Crippen molar-refractivity contribution in [2.45, 2.75) is 23.9 Å². The van der Waals surface area contributed by atoms with Gasteiger partial charge in [-0.1, -0.05) is 12.1 Å². The van der Waals surface area contributed by atoms with Crippen molar-refractivity contribution in [2.24, 2.45) is 0 Å². The molecular weight excluding hydrogens is 420 g/mol. The van der Waals surface area contributed by atoms with Gasteiger partial charge in [0.25, 0.3) is 5.91 Å². The molecule has 0 radical (unpaired) electrons.